The molecule has 1 aliphatic rings. The predicted molar refractivity (Wildman–Crippen MR) is 233 cm³/mol. The number of fused-ring (bicyclic) bond motifs is 7. The highest BCUT2D eigenvalue weighted by Gasteiger charge is 2.36. The van der Waals surface area contributed by atoms with Crippen molar-refractivity contribution in [2.45, 2.75) is 19.3 Å². The van der Waals surface area contributed by atoms with Crippen LogP contribution in [0.5, 0.6) is 0 Å². The molecule has 3 nitrogen and oxygen atoms in total. The first-order chi connectivity index (χ1) is 27.5. The van der Waals surface area contributed by atoms with Gasteiger partial charge in [0.2, 0.25) is 0 Å². The lowest BCUT2D eigenvalue weighted by molar-refractivity contribution is 0.660. The van der Waals surface area contributed by atoms with E-state index in [4.69, 9.17) is 9.97 Å². The number of aromatic nitrogens is 3. The molecule has 10 aromatic rings. The minimum atomic E-state index is -0.106. The Morgan fingerprint density at radius 3 is 1.68 bits per heavy atom. The van der Waals surface area contributed by atoms with Gasteiger partial charge in [0, 0.05) is 38.6 Å². The number of benzene rings is 8. The summed E-state index contributed by atoms with van der Waals surface area (Å²) in [5, 5.41) is 4.86. The smallest absolute Gasteiger partial charge is 0.160 e. The van der Waals surface area contributed by atoms with Crippen LogP contribution in [-0.4, -0.2) is 14.5 Å². The molecule has 0 unspecified atom stereocenters. The molecule has 0 aliphatic heterocycles. The molecule has 0 N–H and O–H groups in total. The number of hydrogen-bond donors (Lipinski definition) is 0. The van der Waals surface area contributed by atoms with Crippen LogP contribution in [0.25, 0.3) is 94.4 Å². The highest BCUT2D eigenvalue weighted by Crippen LogP contribution is 2.52. The zero-order valence-electron chi connectivity index (χ0n) is 31.2. The number of nitrogens with zero attached hydrogens (tertiary/aromatic N) is 3. The van der Waals surface area contributed by atoms with Gasteiger partial charge in [0.15, 0.2) is 5.82 Å². The fraction of sp³-hybridized carbons (Fsp3) is 0.0566. The Balaban J connectivity index is 1.10. The van der Waals surface area contributed by atoms with Crippen molar-refractivity contribution in [3.63, 3.8) is 0 Å². The van der Waals surface area contributed by atoms with Gasteiger partial charge in [0.05, 0.1) is 22.4 Å². The fourth-order valence-corrected chi connectivity index (χ4v) is 9.19. The maximum Gasteiger partial charge on any atom is 0.160 e. The third-order valence-corrected chi connectivity index (χ3v) is 11.8. The molecule has 2 heterocycles. The van der Waals surface area contributed by atoms with Crippen LogP contribution in [0.15, 0.2) is 188 Å². The molecule has 11 rings (SSSR count). The molecule has 0 fully saturated rings. The van der Waals surface area contributed by atoms with Gasteiger partial charge in [-0.2, -0.15) is 0 Å². The number of para-hydroxylation sites is 2. The van der Waals surface area contributed by atoms with E-state index in [0.717, 1.165) is 39.2 Å². The Labute approximate surface area is 326 Å². The summed E-state index contributed by atoms with van der Waals surface area (Å²) in [4.78, 5) is 10.6. The van der Waals surface area contributed by atoms with E-state index in [1.807, 2.05) is 6.07 Å². The third kappa shape index (κ3) is 4.91. The molecule has 3 heteroatoms. The highest BCUT2D eigenvalue weighted by atomic mass is 15.0. The monoisotopic (exact) mass is 715 g/mol. The second-order valence-corrected chi connectivity index (χ2v) is 15.4. The van der Waals surface area contributed by atoms with Crippen LogP contribution in [0.1, 0.15) is 25.0 Å². The summed E-state index contributed by atoms with van der Waals surface area (Å²) in [7, 11) is 0. The first-order valence-electron chi connectivity index (χ1n) is 19.3. The van der Waals surface area contributed by atoms with Crippen LogP contribution in [0.4, 0.5) is 0 Å². The molecule has 0 amide bonds. The van der Waals surface area contributed by atoms with Crippen LogP contribution in [0.2, 0.25) is 0 Å². The Bertz CT molecular complexity index is 3120. The van der Waals surface area contributed by atoms with Crippen molar-refractivity contribution in [1.29, 1.82) is 0 Å². The van der Waals surface area contributed by atoms with Crippen LogP contribution >= 0.6 is 0 Å². The highest BCUT2D eigenvalue weighted by molar-refractivity contribution is 6.10. The van der Waals surface area contributed by atoms with Crippen molar-refractivity contribution < 1.29 is 0 Å². The lowest BCUT2D eigenvalue weighted by Crippen LogP contribution is -2.14. The second-order valence-electron chi connectivity index (χ2n) is 15.4. The summed E-state index contributed by atoms with van der Waals surface area (Å²) in [5.41, 5.74) is 16.0. The predicted octanol–water partition coefficient (Wildman–Crippen LogP) is 13.7. The van der Waals surface area contributed by atoms with Crippen LogP contribution in [0, 0.1) is 0 Å². The average molecular weight is 716 g/mol. The van der Waals surface area contributed by atoms with E-state index in [-0.39, 0.29) is 5.41 Å². The Hall–Kier alpha value is -7.10. The number of hydrogen-bond acceptors (Lipinski definition) is 2. The van der Waals surface area contributed by atoms with Gasteiger partial charge in [-0.25, -0.2) is 9.97 Å². The lowest BCUT2D eigenvalue weighted by Gasteiger charge is -2.21. The van der Waals surface area contributed by atoms with Gasteiger partial charge < -0.3 is 4.57 Å². The van der Waals surface area contributed by atoms with Gasteiger partial charge in [-0.15, -0.1) is 0 Å². The summed E-state index contributed by atoms with van der Waals surface area (Å²) < 4.78 is 2.39. The molecule has 1 aliphatic carbocycles. The minimum absolute atomic E-state index is 0.106. The maximum atomic E-state index is 5.31. The van der Waals surface area contributed by atoms with Crippen molar-refractivity contribution in [2.24, 2.45) is 0 Å². The molecular weight excluding hydrogens is 679 g/mol. The van der Waals surface area contributed by atoms with E-state index in [2.05, 4.69) is 200 Å². The normalized spacial score (nSPS) is 13.0. The van der Waals surface area contributed by atoms with Gasteiger partial charge in [-0.1, -0.05) is 172 Å². The second kappa shape index (κ2) is 12.5. The van der Waals surface area contributed by atoms with Crippen molar-refractivity contribution in [3.05, 3.63) is 199 Å². The molecular formula is C53H37N3. The maximum absolute atomic E-state index is 5.31. The zero-order chi connectivity index (χ0) is 37.4. The standard InChI is InChI=1S/C53H37N3/c1-53(2)45-26-11-8-24-43(45)51-44(25-15-27-46(51)53)48-33-47(54-52(55-48)34-16-4-3-5-17-34)40-31-30-37(38-20-6-7-21-39(38)40)35-18-14-19-36(32-35)56-49-28-12-9-22-41(49)42-23-10-13-29-50(42)56/h3-33H,1-2H3. The molecule has 0 spiro atoms. The Morgan fingerprint density at radius 1 is 0.393 bits per heavy atom. The Kier molecular flexibility index (Phi) is 7.20. The van der Waals surface area contributed by atoms with E-state index >= 15 is 0 Å². The van der Waals surface area contributed by atoms with Crippen LogP contribution < -0.4 is 0 Å². The van der Waals surface area contributed by atoms with Crippen molar-refractivity contribution in [2.75, 3.05) is 0 Å². The zero-order valence-corrected chi connectivity index (χ0v) is 31.2. The van der Waals surface area contributed by atoms with Gasteiger partial charge in [0.25, 0.3) is 0 Å². The van der Waals surface area contributed by atoms with E-state index < -0.39 is 0 Å². The molecule has 0 bridgehead atoms. The summed E-state index contributed by atoms with van der Waals surface area (Å²) in [6.07, 6.45) is 0. The van der Waals surface area contributed by atoms with Crippen molar-refractivity contribution >= 4 is 32.6 Å². The van der Waals surface area contributed by atoms with Crippen LogP contribution in [0.3, 0.4) is 0 Å². The Morgan fingerprint density at radius 2 is 0.929 bits per heavy atom. The molecule has 0 radical (unpaired) electrons. The molecule has 8 aromatic carbocycles. The largest absolute Gasteiger partial charge is 0.309 e. The van der Waals surface area contributed by atoms with Gasteiger partial charge >= 0.3 is 0 Å². The van der Waals surface area contributed by atoms with Crippen molar-refractivity contribution in [3.8, 4) is 61.8 Å². The third-order valence-electron chi connectivity index (χ3n) is 11.8. The molecule has 2 aromatic heterocycles. The molecule has 0 saturated carbocycles. The summed E-state index contributed by atoms with van der Waals surface area (Å²) in [6, 6.07) is 67.6. The molecule has 0 atom stereocenters. The fourth-order valence-electron chi connectivity index (χ4n) is 9.19. The van der Waals surface area contributed by atoms with E-state index in [0.29, 0.717) is 5.82 Å². The van der Waals surface area contributed by atoms with Crippen molar-refractivity contribution in [1.82, 2.24) is 14.5 Å². The van der Waals surface area contributed by atoms with Gasteiger partial charge in [-0.3, -0.25) is 0 Å². The SMILES string of the molecule is CC1(C)c2ccccc2-c2c(-c3cc(-c4ccc(-c5cccc(-n6c7ccccc7c7ccccc76)c5)c5ccccc45)nc(-c4ccccc4)n3)cccc21. The average Bonchev–Trinajstić information content (AvgIpc) is 3.72. The minimum Gasteiger partial charge on any atom is -0.309 e. The molecule has 56 heavy (non-hydrogen) atoms. The molecule has 0 saturated heterocycles. The summed E-state index contributed by atoms with van der Waals surface area (Å²) in [5.74, 6) is 0.716. The van der Waals surface area contributed by atoms with E-state index in [1.165, 1.54) is 60.6 Å². The van der Waals surface area contributed by atoms with Crippen LogP contribution in [-0.2, 0) is 5.41 Å². The van der Waals surface area contributed by atoms with E-state index in [1.54, 1.807) is 0 Å². The summed E-state index contributed by atoms with van der Waals surface area (Å²) in [6.45, 7) is 4.66. The molecule has 264 valence electrons. The van der Waals surface area contributed by atoms with Gasteiger partial charge in [-0.05, 0) is 74.5 Å². The summed E-state index contributed by atoms with van der Waals surface area (Å²) >= 11 is 0. The van der Waals surface area contributed by atoms with E-state index in [9.17, 15) is 0 Å². The first-order valence-corrected chi connectivity index (χ1v) is 19.3. The number of rotatable bonds is 5. The lowest BCUT2D eigenvalue weighted by atomic mass is 9.82. The first kappa shape index (κ1) is 32.3. The topological polar surface area (TPSA) is 30.7 Å². The quantitative estimate of drug-likeness (QED) is 0.178. The van der Waals surface area contributed by atoms with Gasteiger partial charge in [0.1, 0.15) is 0 Å².